The Morgan fingerprint density at radius 2 is 2.19 bits per heavy atom. The minimum atomic E-state index is -0.748. The molecule has 2 rings (SSSR count). The van der Waals surface area contributed by atoms with E-state index in [1.165, 1.54) is 0 Å². The van der Waals surface area contributed by atoms with Gasteiger partial charge in [-0.3, -0.25) is 4.79 Å². The lowest BCUT2D eigenvalue weighted by Crippen LogP contribution is -2.45. The topological polar surface area (TPSA) is 82.8 Å². The maximum Gasteiger partial charge on any atom is 0.317 e. The van der Waals surface area contributed by atoms with Gasteiger partial charge in [-0.25, -0.2) is 4.79 Å². The Hall–Kier alpha value is -1.98. The number of urea groups is 1. The molecule has 0 radical (unpaired) electrons. The summed E-state index contributed by atoms with van der Waals surface area (Å²) in [6.45, 7) is 3.25. The molecule has 1 saturated heterocycles. The van der Waals surface area contributed by atoms with Crippen LogP contribution in [0.4, 0.5) is 4.79 Å². The zero-order chi connectivity index (χ0) is 15.2. The van der Waals surface area contributed by atoms with Crippen molar-refractivity contribution < 1.29 is 19.1 Å². The van der Waals surface area contributed by atoms with Gasteiger partial charge < -0.3 is 19.7 Å². The fourth-order valence-electron chi connectivity index (χ4n) is 2.64. The van der Waals surface area contributed by atoms with Gasteiger partial charge in [-0.15, -0.1) is 0 Å². The second-order valence-electron chi connectivity index (χ2n) is 5.55. The molecule has 2 N–H and O–H groups in total. The van der Waals surface area contributed by atoms with E-state index in [0.717, 1.165) is 18.6 Å². The molecule has 1 aromatic rings. The minimum Gasteiger partial charge on any atom is -0.481 e. The van der Waals surface area contributed by atoms with Crippen molar-refractivity contribution in [2.45, 2.75) is 38.6 Å². The molecule has 0 aliphatic carbocycles. The summed E-state index contributed by atoms with van der Waals surface area (Å²) in [6.07, 6.45) is 4.25. The van der Waals surface area contributed by atoms with E-state index in [2.05, 4.69) is 5.32 Å². The number of nitrogens with zero attached hydrogens (tertiary/aromatic N) is 1. The van der Waals surface area contributed by atoms with Gasteiger partial charge in [0.15, 0.2) is 0 Å². The summed E-state index contributed by atoms with van der Waals surface area (Å²) in [5.74, 6) is 0.398. The Bertz CT molecular complexity index is 464. The van der Waals surface area contributed by atoms with Crippen LogP contribution in [0.1, 0.15) is 44.4 Å². The molecule has 0 saturated carbocycles. The summed E-state index contributed by atoms with van der Waals surface area (Å²) in [5, 5.41) is 11.6. The van der Waals surface area contributed by atoms with E-state index in [1.807, 2.05) is 13.0 Å². The molecule has 2 heterocycles. The third-order valence-electron chi connectivity index (χ3n) is 3.98. The molecule has 6 heteroatoms. The quantitative estimate of drug-likeness (QED) is 0.874. The first-order chi connectivity index (χ1) is 10.1. The monoisotopic (exact) mass is 294 g/mol. The molecule has 0 spiro atoms. The average Bonchev–Trinajstić information content (AvgIpc) is 3.00. The Morgan fingerprint density at radius 1 is 1.48 bits per heavy atom. The SMILES string of the molecule is CC(NC(=O)N1CCC(CCC(=O)O)CC1)c1ccco1. The molecule has 2 amide bonds. The van der Waals surface area contributed by atoms with E-state index < -0.39 is 5.97 Å². The predicted octanol–water partition coefficient (Wildman–Crippen LogP) is 2.63. The molecular weight excluding hydrogens is 272 g/mol. The lowest BCUT2D eigenvalue weighted by Gasteiger charge is -2.32. The smallest absolute Gasteiger partial charge is 0.317 e. The van der Waals surface area contributed by atoms with Gasteiger partial charge in [-0.1, -0.05) is 0 Å². The van der Waals surface area contributed by atoms with E-state index in [9.17, 15) is 9.59 Å². The average molecular weight is 294 g/mol. The highest BCUT2D eigenvalue weighted by molar-refractivity contribution is 5.74. The highest BCUT2D eigenvalue weighted by Gasteiger charge is 2.24. The number of hydrogen-bond acceptors (Lipinski definition) is 3. The second-order valence-corrected chi connectivity index (χ2v) is 5.55. The van der Waals surface area contributed by atoms with Crippen molar-refractivity contribution in [1.82, 2.24) is 10.2 Å². The van der Waals surface area contributed by atoms with Gasteiger partial charge in [-0.2, -0.15) is 0 Å². The van der Waals surface area contributed by atoms with Gasteiger partial charge >= 0.3 is 12.0 Å². The number of aliphatic carboxylic acids is 1. The molecule has 21 heavy (non-hydrogen) atoms. The van der Waals surface area contributed by atoms with Crippen LogP contribution in [-0.2, 0) is 4.79 Å². The van der Waals surface area contributed by atoms with Crippen LogP contribution in [0.2, 0.25) is 0 Å². The maximum absolute atomic E-state index is 12.2. The molecule has 116 valence electrons. The van der Waals surface area contributed by atoms with Crippen LogP contribution in [0.15, 0.2) is 22.8 Å². The van der Waals surface area contributed by atoms with E-state index in [1.54, 1.807) is 17.2 Å². The Labute approximate surface area is 124 Å². The molecule has 1 aliphatic heterocycles. The maximum atomic E-state index is 12.2. The number of hydrogen-bond donors (Lipinski definition) is 2. The van der Waals surface area contributed by atoms with Crippen LogP contribution in [0.5, 0.6) is 0 Å². The minimum absolute atomic E-state index is 0.0874. The molecular formula is C15H22N2O4. The highest BCUT2D eigenvalue weighted by Crippen LogP contribution is 2.22. The van der Waals surface area contributed by atoms with Crippen LogP contribution < -0.4 is 5.32 Å². The van der Waals surface area contributed by atoms with Crippen LogP contribution in [0.25, 0.3) is 0 Å². The predicted molar refractivity (Wildman–Crippen MR) is 76.8 cm³/mol. The Balaban J connectivity index is 1.74. The first kappa shape index (κ1) is 15.4. The largest absolute Gasteiger partial charge is 0.481 e. The Kier molecular flexibility index (Phi) is 5.25. The van der Waals surface area contributed by atoms with Crippen molar-refractivity contribution in [2.75, 3.05) is 13.1 Å². The Morgan fingerprint density at radius 3 is 2.76 bits per heavy atom. The number of carboxylic acids is 1. The molecule has 1 aliphatic rings. The van der Waals surface area contributed by atoms with Gasteiger partial charge in [0, 0.05) is 19.5 Å². The second kappa shape index (κ2) is 7.15. The molecule has 1 fully saturated rings. The normalized spacial score (nSPS) is 17.5. The summed E-state index contributed by atoms with van der Waals surface area (Å²) < 4.78 is 5.27. The number of nitrogens with one attached hydrogen (secondary N) is 1. The van der Waals surface area contributed by atoms with E-state index in [4.69, 9.17) is 9.52 Å². The van der Waals surface area contributed by atoms with Gasteiger partial charge in [0.25, 0.3) is 0 Å². The third kappa shape index (κ3) is 4.51. The van der Waals surface area contributed by atoms with E-state index in [0.29, 0.717) is 25.4 Å². The van der Waals surface area contributed by atoms with Crippen LogP contribution in [0, 0.1) is 5.92 Å². The molecule has 1 aromatic heterocycles. The number of furan rings is 1. The number of carbonyl (C=O) groups is 2. The van der Waals surface area contributed by atoms with Crippen molar-refractivity contribution in [3.8, 4) is 0 Å². The molecule has 6 nitrogen and oxygen atoms in total. The van der Waals surface area contributed by atoms with Crippen molar-refractivity contribution in [1.29, 1.82) is 0 Å². The summed E-state index contributed by atoms with van der Waals surface area (Å²) in [4.78, 5) is 24.5. The molecule has 0 aromatic carbocycles. The van der Waals surface area contributed by atoms with Gasteiger partial charge in [0.1, 0.15) is 5.76 Å². The summed E-state index contributed by atoms with van der Waals surface area (Å²) in [5.41, 5.74) is 0. The van der Waals surface area contributed by atoms with Crippen LogP contribution >= 0.6 is 0 Å². The number of amides is 2. The van der Waals surface area contributed by atoms with Crippen molar-refractivity contribution in [2.24, 2.45) is 5.92 Å². The van der Waals surface area contributed by atoms with E-state index >= 15 is 0 Å². The fourth-order valence-corrected chi connectivity index (χ4v) is 2.64. The van der Waals surface area contributed by atoms with Gasteiger partial charge in [0.2, 0.25) is 0 Å². The highest BCUT2D eigenvalue weighted by atomic mass is 16.4. The standard InChI is InChI=1S/C15H22N2O4/c1-11(13-3-2-10-21-13)16-15(20)17-8-6-12(7-9-17)4-5-14(18)19/h2-3,10-12H,4-9H2,1H3,(H,16,20)(H,18,19). The summed E-state index contributed by atoms with van der Waals surface area (Å²) in [7, 11) is 0. The summed E-state index contributed by atoms with van der Waals surface area (Å²) >= 11 is 0. The van der Waals surface area contributed by atoms with Crippen LogP contribution in [0.3, 0.4) is 0 Å². The molecule has 1 atom stereocenters. The first-order valence-corrected chi connectivity index (χ1v) is 7.37. The zero-order valence-corrected chi connectivity index (χ0v) is 12.2. The first-order valence-electron chi connectivity index (χ1n) is 7.37. The van der Waals surface area contributed by atoms with Gasteiger partial charge in [-0.05, 0) is 44.2 Å². The van der Waals surface area contributed by atoms with Crippen molar-refractivity contribution >= 4 is 12.0 Å². The van der Waals surface area contributed by atoms with Crippen LogP contribution in [-0.4, -0.2) is 35.1 Å². The van der Waals surface area contributed by atoms with E-state index in [-0.39, 0.29) is 18.5 Å². The lowest BCUT2D eigenvalue weighted by molar-refractivity contribution is -0.137. The number of piperidine rings is 1. The number of carboxylic acid groups (broad SMARTS) is 1. The number of carbonyl (C=O) groups excluding carboxylic acids is 1. The van der Waals surface area contributed by atoms with Gasteiger partial charge in [0.05, 0.1) is 12.3 Å². The zero-order valence-electron chi connectivity index (χ0n) is 12.2. The van der Waals surface area contributed by atoms with Crippen molar-refractivity contribution in [3.63, 3.8) is 0 Å². The third-order valence-corrected chi connectivity index (χ3v) is 3.98. The summed E-state index contributed by atoms with van der Waals surface area (Å²) in [6, 6.07) is 3.39. The van der Waals surface area contributed by atoms with Crippen molar-refractivity contribution in [3.05, 3.63) is 24.2 Å². The molecule has 1 unspecified atom stereocenters. The number of likely N-dealkylation sites (tertiary alicyclic amines) is 1. The molecule has 0 bridgehead atoms. The fraction of sp³-hybridized carbons (Fsp3) is 0.600. The number of rotatable bonds is 5. The lowest BCUT2D eigenvalue weighted by atomic mass is 9.92.